The van der Waals surface area contributed by atoms with E-state index in [-0.39, 0.29) is 5.91 Å². The van der Waals surface area contributed by atoms with Gasteiger partial charge in [0.25, 0.3) is 0 Å². The fourth-order valence-corrected chi connectivity index (χ4v) is 3.52. The Morgan fingerprint density at radius 1 is 0.750 bits per heavy atom. The SMILES string of the molecule is CCCC=CCC(=O)NC(c1ccccc1)(c1ccccc1)c1ccccc1. The zero-order chi connectivity index (χ0) is 19.7. The first-order chi connectivity index (χ1) is 13.8. The minimum Gasteiger partial charge on any atom is -0.338 e. The van der Waals surface area contributed by atoms with Gasteiger partial charge < -0.3 is 5.32 Å². The molecular formula is C26H27NO. The van der Waals surface area contributed by atoms with E-state index >= 15 is 0 Å². The highest BCUT2D eigenvalue weighted by Crippen LogP contribution is 2.36. The summed E-state index contributed by atoms with van der Waals surface area (Å²) < 4.78 is 0. The Labute approximate surface area is 167 Å². The molecule has 142 valence electrons. The third-order valence-corrected chi connectivity index (χ3v) is 4.87. The van der Waals surface area contributed by atoms with Crippen molar-refractivity contribution < 1.29 is 4.79 Å². The second-order valence-electron chi connectivity index (χ2n) is 6.86. The normalized spacial score (nSPS) is 11.5. The van der Waals surface area contributed by atoms with E-state index in [4.69, 9.17) is 0 Å². The van der Waals surface area contributed by atoms with Crippen molar-refractivity contribution in [1.29, 1.82) is 0 Å². The lowest BCUT2D eigenvalue weighted by Crippen LogP contribution is -2.47. The van der Waals surface area contributed by atoms with Crippen molar-refractivity contribution in [2.45, 2.75) is 31.7 Å². The molecule has 0 unspecified atom stereocenters. The first kappa shape index (κ1) is 19.6. The fourth-order valence-electron chi connectivity index (χ4n) is 3.52. The number of amides is 1. The van der Waals surface area contributed by atoms with E-state index in [1.54, 1.807) is 0 Å². The van der Waals surface area contributed by atoms with Crippen molar-refractivity contribution >= 4 is 5.91 Å². The van der Waals surface area contributed by atoms with Crippen LogP contribution in [0.25, 0.3) is 0 Å². The molecule has 0 aliphatic carbocycles. The van der Waals surface area contributed by atoms with E-state index in [0.717, 1.165) is 29.5 Å². The molecule has 2 nitrogen and oxygen atoms in total. The van der Waals surface area contributed by atoms with Crippen LogP contribution in [0.4, 0.5) is 0 Å². The molecule has 1 amide bonds. The third-order valence-electron chi connectivity index (χ3n) is 4.87. The monoisotopic (exact) mass is 369 g/mol. The molecule has 0 radical (unpaired) electrons. The number of unbranched alkanes of at least 4 members (excludes halogenated alkanes) is 1. The highest BCUT2D eigenvalue weighted by Gasteiger charge is 2.37. The number of rotatable bonds is 8. The Bertz CT molecular complexity index is 789. The van der Waals surface area contributed by atoms with Crippen molar-refractivity contribution in [1.82, 2.24) is 5.32 Å². The van der Waals surface area contributed by atoms with Crippen LogP contribution >= 0.6 is 0 Å². The first-order valence-corrected chi connectivity index (χ1v) is 9.90. The molecule has 0 aromatic heterocycles. The minimum absolute atomic E-state index is 0.00362. The molecule has 2 heteroatoms. The maximum atomic E-state index is 13.0. The molecule has 0 saturated carbocycles. The molecule has 0 saturated heterocycles. The first-order valence-electron chi connectivity index (χ1n) is 9.90. The Balaban J connectivity index is 2.10. The van der Waals surface area contributed by atoms with Gasteiger partial charge in [0.1, 0.15) is 5.54 Å². The fraction of sp³-hybridized carbons (Fsp3) is 0.192. The second kappa shape index (κ2) is 9.70. The summed E-state index contributed by atoms with van der Waals surface area (Å²) in [4.78, 5) is 13.0. The van der Waals surface area contributed by atoms with E-state index in [1.807, 2.05) is 60.7 Å². The summed E-state index contributed by atoms with van der Waals surface area (Å²) in [7, 11) is 0. The average Bonchev–Trinajstić information content (AvgIpc) is 2.77. The summed E-state index contributed by atoms with van der Waals surface area (Å²) in [5.74, 6) is 0.00362. The summed E-state index contributed by atoms with van der Waals surface area (Å²) in [5.41, 5.74) is 2.38. The van der Waals surface area contributed by atoms with Gasteiger partial charge in [-0.1, -0.05) is 116 Å². The lowest BCUT2D eigenvalue weighted by molar-refractivity contribution is -0.121. The highest BCUT2D eigenvalue weighted by molar-refractivity contribution is 5.80. The molecule has 3 aromatic carbocycles. The van der Waals surface area contributed by atoms with Gasteiger partial charge in [0.15, 0.2) is 0 Å². The molecule has 0 spiro atoms. The Morgan fingerprint density at radius 3 is 1.57 bits per heavy atom. The summed E-state index contributed by atoms with van der Waals surface area (Å²) in [5, 5.41) is 3.37. The molecular weight excluding hydrogens is 342 g/mol. The Kier molecular flexibility index (Phi) is 6.80. The summed E-state index contributed by atoms with van der Waals surface area (Å²) in [6.45, 7) is 2.13. The Hall–Kier alpha value is -3.13. The summed E-state index contributed by atoms with van der Waals surface area (Å²) in [6, 6.07) is 30.6. The highest BCUT2D eigenvalue weighted by atomic mass is 16.1. The maximum absolute atomic E-state index is 13.0. The van der Waals surface area contributed by atoms with Gasteiger partial charge in [-0.2, -0.15) is 0 Å². The van der Waals surface area contributed by atoms with E-state index < -0.39 is 5.54 Å². The number of benzene rings is 3. The molecule has 0 heterocycles. The van der Waals surface area contributed by atoms with Gasteiger partial charge in [-0.15, -0.1) is 0 Å². The van der Waals surface area contributed by atoms with Crippen LogP contribution in [0, 0.1) is 0 Å². The van der Waals surface area contributed by atoms with Crippen LogP contribution in [0.3, 0.4) is 0 Å². The van der Waals surface area contributed by atoms with Gasteiger partial charge in [0.2, 0.25) is 5.91 Å². The lowest BCUT2D eigenvalue weighted by Gasteiger charge is -2.36. The average molecular weight is 370 g/mol. The summed E-state index contributed by atoms with van der Waals surface area (Å²) in [6.07, 6.45) is 6.49. The number of allylic oxidation sites excluding steroid dienone is 1. The van der Waals surface area contributed by atoms with Crippen LogP contribution in [-0.2, 0) is 10.3 Å². The van der Waals surface area contributed by atoms with Crippen LogP contribution < -0.4 is 5.32 Å². The van der Waals surface area contributed by atoms with E-state index in [9.17, 15) is 4.79 Å². The van der Waals surface area contributed by atoms with Crippen molar-refractivity contribution in [2.75, 3.05) is 0 Å². The lowest BCUT2D eigenvalue weighted by atomic mass is 9.77. The molecule has 0 aliphatic heterocycles. The van der Waals surface area contributed by atoms with Crippen molar-refractivity contribution in [3.63, 3.8) is 0 Å². The molecule has 3 rings (SSSR count). The number of nitrogens with one attached hydrogen (secondary N) is 1. The van der Waals surface area contributed by atoms with Crippen LogP contribution in [0.15, 0.2) is 103 Å². The third kappa shape index (κ3) is 4.40. The van der Waals surface area contributed by atoms with Gasteiger partial charge in [-0.3, -0.25) is 4.79 Å². The second-order valence-corrected chi connectivity index (χ2v) is 6.86. The Morgan fingerprint density at radius 2 is 1.18 bits per heavy atom. The molecule has 0 atom stereocenters. The topological polar surface area (TPSA) is 29.1 Å². The van der Waals surface area contributed by atoms with Crippen molar-refractivity contribution in [3.05, 3.63) is 120 Å². The van der Waals surface area contributed by atoms with Crippen LogP contribution in [0.2, 0.25) is 0 Å². The standard InChI is InChI=1S/C26H27NO/c1-2-3-4-14-21-25(28)27-26(22-15-8-5-9-16-22,23-17-10-6-11-18-23)24-19-12-7-13-20-24/h4-20H,2-3,21H2,1H3,(H,27,28). The van der Waals surface area contributed by atoms with E-state index in [1.165, 1.54) is 0 Å². The van der Waals surface area contributed by atoms with E-state index in [0.29, 0.717) is 6.42 Å². The predicted molar refractivity (Wildman–Crippen MR) is 116 cm³/mol. The van der Waals surface area contributed by atoms with Crippen LogP contribution in [-0.4, -0.2) is 5.91 Å². The quantitative estimate of drug-likeness (QED) is 0.392. The molecule has 0 aliphatic rings. The van der Waals surface area contributed by atoms with Gasteiger partial charge in [-0.05, 0) is 23.1 Å². The van der Waals surface area contributed by atoms with Crippen molar-refractivity contribution in [3.8, 4) is 0 Å². The van der Waals surface area contributed by atoms with Gasteiger partial charge in [0.05, 0.1) is 0 Å². The molecule has 0 bridgehead atoms. The largest absolute Gasteiger partial charge is 0.338 e. The van der Waals surface area contributed by atoms with E-state index in [2.05, 4.69) is 54.7 Å². The number of hydrogen-bond acceptors (Lipinski definition) is 1. The number of carbonyl (C=O) groups is 1. The predicted octanol–water partition coefficient (Wildman–Crippen LogP) is 5.84. The van der Waals surface area contributed by atoms with Crippen molar-refractivity contribution in [2.24, 2.45) is 0 Å². The van der Waals surface area contributed by atoms with Crippen LogP contribution in [0.5, 0.6) is 0 Å². The van der Waals surface area contributed by atoms with Gasteiger partial charge >= 0.3 is 0 Å². The number of hydrogen-bond donors (Lipinski definition) is 1. The zero-order valence-electron chi connectivity index (χ0n) is 16.3. The molecule has 0 fully saturated rings. The van der Waals surface area contributed by atoms with Crippen LogP contribution in [0.1, 0.15) is 42.9 Å². The van der Waals surface area contributed by atoms with Gasteiger partial charge in [0, 0.05) is 6.42 Å². The molecule has 3 aromatic rings. The number of carbonyl (C=O) groups excluding carboxylic acids is 1. The van der Waals surface area contributed by atoms with Gasteiger partial charge in [-0.25, -0.2) is 0 Å². The minimum atomic E-state index is -0.737. The zero-order valence-corrected chi connectivity index (χ0v) is 16.3. The molecule has 28 heavy (non-hydrogen) atoms. The smallest absolute Gasteiger partial charge is 0.225 e. The molecule has 1 N–H and O–H groups in total. The summed E-state index contributed by atoms with van der Waals surface area (Å²) >= 11 is 0. The maximum Gasteiger partial charge on any atom is 0.225 e.